The van der Waals surface area contributed by atoms with Gasteiger partial charge in [-0.05, 0) is 62.4 Å². The molecule has 1 aliphatic heterocycles. The Bertz CT molecular complexity index is 743. The molecule has 5 aliphatic rings. The molecule has 4 aliphatic carbocycles. The van der Waals surface area contributed by atoms with Gasteiger partial charge in [0.25, 0.3) is 0 Å². The number of hydrogen-bond donors (Lipinski definition) is 0. The number of ether oxygens (including phenoxy) is 3. The predicted molar refractivity (Wildman–Crippen MR) is 102 cm³/mol. The fourth-order valence-electron chi connectivity index (χ4n) is 7.85. The normalized spacial score (nSPS) is 48.8. The monoisotopic (exact) mass is 388 g/mol. The van der Waals surface area contributed by atoms with E-state index in [0.717, 1.165) is 58.0 Å². The van der Waals surface area contributed by atoms with E-state index >= 15 is 0 Å². The van der Waals surface area contributed by atoms with Crippen LogP contribution >= 0.6 is 0 Å². The highest BCUT2D eigenvalue weighted by atomic mass is 16.5. The van der Waals surface area contributed by atoms with Gasteiger partial charge in [-0.3, -0.25) is 9.59 Å². The average Bonchev–Trinajstić information content (AvgIpc) is 3.06. The van der Waals surface area contributed by atoms with Crippen LogP contribution in [0.25, 0.3) is 0 Å². The zero-order chi connectivity index (χ0) is 19.7. The van der Waals surface area contributed by atoms with Crippen molar-refractivity contribution >= 4 is 11.9 Å². The topological polar surface area (TPSA) is 61.8 Å². The zero-order valence-corrected chi connectivity index (χ0v) is 17.3. The first-order valence-corrected chi connectivity index (χ1v) is 11.0. The van der Waals surface area contributed by atoms with Crippen molar-refractivity contribution in [1.82, 2.24) is 0 Å². The van der Waals surface area contributed by atoms with Crippen molar-refractivity contribution in [1.29, 1.82) is 0 Å². The first kappa shape index (κ1) is 18.7. The van der Waals surface area contributed by atoms with Gasteiger partial charge >= 0.3 is 11.9 Å². The smallest absolute Gasteiger partial charge is 0.302 e. The number of esters is 2. The Kier molecular flexibility index (Phi) is 4.04. The van der Waals surface area contributed by atoms with Gasteiger partial charge in [-0.15, -0.1) is 0 Å². The summed E-state index contributed by atoms with van der Waals surface area (Å²) in [5, 5.41) is 0. The van der Waals surface area contributed by atoms with Crippen molar-refractivity contribution in [2.45, 2.75) is 89.9 Å². The molecule has 0 radical (unpaired) electrons. The van der Waals surface area contributed by atoms with E-state index in [1.165, 1.54) is 19.4 Å². The van der Waals surface area contributed by atoms with Crippen LogP contribution in [-0.4, -0.2) is 36.4 Å². The molecule has 7 atom stereocenters. The van der Waals surface area contributed by atoms with Crippen LogP contribution in [0.15, 0.2) is 11.6 Å². The van der Waals surface area contributed by atoms with Gasteiger partial charge < -0.3 is 14.2 Å². The Morgan fingerprint density at radius 2 is 1.86 bits per heavy atom. The van der Waals surface area contributed by atoms with E-state index in [1.807, 2.05) is 0 Å². The molecule has 0 N–H and O–H groups in total. The summed E-state index contributed by atoms with van der Waals surface area (Å²) in [5.74, 6) is 0.793. The van der Waals surface area contributed by atoms with E-state index < -0.39 is 0 Å². The van der Waals surface area contributed by atoms with Crippen molar-refractivity contribution < 1.29 is 23.8 Å². The predicted octanol–water partition coefficient (Wildman–Crippen LogP) is 3.95. The van der Waals surface area contributed by atoms with E-state index in [1.54, 1.807) is 0 Å². The molecule has 1 unspecified atom stereocenters. The largest absolute Gasteiger partial charge is 0.463 e. The number of rotatable bonds is 2. The molecule has 1 spiro atoms. The molecule has 5 nitrogen and oxygen atoms in total. The maximum atomic E-state index is 11.6. The molecule has 154 valence electrons. The molecule has 0 aromatic heterocycles. The molecular weight excluding hydrogens is 356 g/mol. The summed E-state index contributed by atoms with van der Waals surface area (Å²) in [5.41, 5.74) is 1.40. The maximum absolute atomic E-state index is 11.6. The van der Waals surface area contributed by atoms with Gasteiger partial charge in [-0.2, -0.15) is 0 Å². The lowest BCUT2D eigenvalue weighted by Crippen LogP contribution is -2.58. The highest BCUT2D eigenvalue weighted by molar-refractivity contribution is 5.66. The van der Waals surface area contributed by atoms with Gasteiger partial charge in [0.15, 0.2) is 0 Å². The second-order valence-electron chi connectivity index (χ2n) is 10.1. The fraction of sp³-hybridized carbons (Fsp3) is 0.826. The minimum Gasteiger partial charge on any atom is -0.463 e. The van der Waals surface area contributed by atoms with Crippen LogP contribution < -0.4 is 0 Å². The minimum absolute atomic E-state index is 0.0482. The molecule has 0 aromatic carbocycles. The molecule has 28 heavy (non-hydrogen) atoms. The van der Waals surface area contributed by atoms with Crippen LogP contribution in [0.4, 0.5) is 0 Å². The van der Waals surface area contributed by atoms with Crippen molar-refractivity contribution in [3.63, 3.8) is 0 Å². The highest BCUT2D eigenvalue weighted by Crippen LogP contribution is 2.71. The zero-order valence-electron chi connectivity index (χ0n) is 17.3. The molecule has 0 aromatic rings. The third kappa shape index (κ3) is 2.34. The summed E-state index contributed by atoms with van der Waals surface area (Å²) < 4.78 is 18.1. The highest BCUT2D eigenvalue weighted by Gasteiger charge is 2.70. The Hall–Kier alpha value is -1.36. The van der Waals surface area contributed by atoms with Crippen LogP contribution in [0.1, 0.15) is 72.1 Å². The fourth-order valence-corrected chi connectivity index (χ4v) is 7.85. The maximum Gasteiger partial charge on any atom is 0.302 e. The van der Waals surface area contributed by atoms with Crippen molar-refractivity contribution in [3.05, 3.63) is 11.6 Å². The van der Waals surface area contributed by atoms with E-state index in [-0.39, 0.29) is 40.6 Å². The molecule has 1 heterocycles. The number of carbonyl (C=O) groups excluding carboxylic acids is 2. The Morgan fingerprint density at radius 1 is 1.07 bits per heavy atom. The quantitative estimate of drug-likeness (QED) is 0.530. The van der Waals surface area contributed by atoms with Crippen LogP contribution in [0, 0.1) is 22.7 Å². The van der Waals surface area contributed by atoms with E-state index in [0.29, 0.717) is 11.8 Å². The molecule has 1 saturated heterocycles. The summed E-state index contributed by atoms with van der Waals surface area (Å²) in [6, 6.07) is 0. The van der Waals surface area contributed by atoms with Gasteiger partial charge in [-0.25, -0.2) is 0 Å². The van der Waals surface area contributed by atoms with Crippen LogP contribution in [0.5, 0.6) is 0 Å². The Balaban J connectivity index is 1.43. The second-order valence-corrected chi connectivity index (χ2v) is 10.1. The van der Waals surface area contributed by atoms with E-state index in [2.05, 4.69) is 13.0 Å². The summed E-state index contributed by atoms with van der Waals surface area (Å²) in [6.07, 6.45) is 10.6. The summed E-state index contributed by atoms with van der Waals surface area (Å²) >= 11 is 0. The average molecular weight is 389 g/mol. The second kappa shape index (κ2) is 6.07. The molecule has 0 amide bonds. The van der Waals surface area contributed by atoms with Gasteiger partial charge in [0.2, 0.25) is 0 Å². The van der Waals surface area contributed by atoms with E-state index in [4.69, 9.17) is 14.2 Å². The molecule has 2 bridgehead atoms. The number of fused-ring (bicyclic) bond motifs is 1. The molecule has 3 saturated carbocycles. The lowest BCUT2D eigenvalue weighted by atomic mass is 9.46. The van der Waals surface area contributed by atoms with E-state index in [9.17, 15) is 9.59 Å². The lowest BCUT2D eigenvalue weighted by Gasteiger charge is -2.58. The Labute approximate surface area is 167 Å². The Morgan fingerprint density at radius 3 is 2.61 bits per heavy atom. The van der Waals surface area contributed by atoms with Gasteiger partial charge in [-0.1, -0.05) is 13.0 Å². The summed E-state index contributed by atoms with van der Waals surface area (Å²) in [7, 11) is 0. The number of hydrogen-bond acceptors (Lipinski definition) is 5. The molecule has 5 heteroatoms. The molecule has 4 fully saturated rings. The van der Waals surface area contributed by atoms with Crippen LogP contribution in [0.2, 0.25) is 0 Å². The van der Waals surface area contributed by atoms with Crippen LogP contribution in [0.3, 0.4) is 0 Å². The first-order valence-electron chi connectivity index (χ1n) is 11.0. The summed E-state index contributed by atoms with van der Waals surface area (Å²) in [4.78, 5) is 23.1. The van der Waals surface area contributed by atoms with Crippen LogP contribution in [-0.2, 0) is 23.8 Å². The summed E-state index contributed by atoms with van der Waals surface area (Å²) in [6.45, 7) is 6.14. The third-order valence-corrected chi connectivity index (χ3v) is 8.92. The van der Waals surface area contributed by atoms with Gasteiger partial charge in [0, 0.05) is 31.1 Å². The first-order chi connectivity index (χ1) is 13.3. The SMILES string of the molecule is CC(=O)O[C@H]1CC[C@@]23CO[C@]4(CCC2C1)C1=CC[C@H](OC(C)=O)[C@@]1(C)CC[C@H]34. The molecular formula is C23H32O5. The molecule has 5 rings (SSSR count). The lowest BCUT2D eigenvalue weighted by molar-refractivity contribution is -0.156. The minimum atomic E-state index is -0.184. The van der Waals surface area contributed by atoms with Crippen molar-refractivity contribution in [2.75, 3.05) is 6.61 Å². The third-order valence-electron chi connectivity index (χ3n) is 8.92. The van der Waals surface area contributed by atoms with Gasteiger partial charge in [0.1, 0.15) is 12.2 Å². The number of carbonyl (C=O) groups is 2. The van der Waals surface area contributed by atoms with Crippen molar-refractivity contribution in [2.24, 2.45) is 22.7 Å². The standard InChI is InChI=1S/C23H32O5/c1-14(24)27-17-7-10-22-13-26-23(11-6-16(22)12-17)18-4-5-20(28-15(2)25)21(18,3)9-8-19(22)23/h4,16-17,19-20H,5-13H2,1-3H3/t16?,17-,19+,20-,21-,22+,23+/m0/s1. The van der Waals surface area contributed by atoms with Gasteiger partial charge in [0.05, 0.1) is 12.2 Å². The van der Waals surface area contributed by atoms with Crippen molar-refractivity contribution in [3.8, 4) is 0 Å².